The molecule has 244 valence electrons. The Hall–Kier alpha value is -5.62. The summed E-state index contributed by atoms with van der Waals surface area (Å²) in [6.45, 7) is 6.04. The van der Waals surface area contributed by atoms with Gasteiger partial charge in [0.1, 0.15) is 10.8 Å². The van der Waals surface area contributed by atoms with Crippen LogP contribution in [0.3, 0.4) is 0 Å². The van der Waals surface area contributed by atoms with Crippen LogP contribution in [0, 0.1) is 0 Å². The van der Waals surface area contributed by atoms with Crippen molar-refractivity contribution < 1.29 is 19.1 Å². The monoisotopic (exact) mass is 656 g/mol. The summed E-state index contributed by atoms with van der Waals surface area (Å²) in [6.07, 6.45) is 3.34. The molecule has 12 nitrogen and oxygen atoms in total. The van der Waals surface area contributed by atoms with Gasteiger partial charge in [-0.3, -0.25) is 14.4 Å². The largest absolute Gasteiger partial charge is 0.494 e. The van der Waals surface area contributed by atoms with Gasteiger partial charge in [0.25, 0.3) is 11.8 Å². The lowest BCUT2D eigenvalue weighted by molar-refractivity contribution is -0.111. The van der Waals surface area contributed by atoms with Crippen LogP contribution in [0.25, 0.3) is 0 Å². The van der Waals surface area contributed by atoms with Crippen molar-refractivity contribution in [1.29, 1.82) is 0 Å². The molecule has 0 spiro atoms. The molecule has 1 atom stereocenters. The highest BCUT2D eigenvalue weighted by Crippen LogP contribution is 2.32. The maximum absolute atomic E-state index is 12.7. The van der Waals surface area contributed by atoms with Crippen LogP contribution in [-0.2, 0) is 4.79 Å². The number of ether oxygens (including phenoxy) is 1. The summed E-state index contributed by atoms with van der Waals surface area (Å²) in [6, 6.07) is 19.3. The smallest absolute Gasteiger partial charge is 0.253 e. The maximum Gasteiger partial charge on any atom is 0.253 e. The van der Waals surface area contributed by atoms with E-state index in [0.29, 0.717) is 52.7 Å². The second-order valence-electron chi connectivity index (χ2n) is 10.5. The summed E-state index contributed by atoms with van der Waals surface area (Å²) in [5, 5.41) is 14.9. The average Bonchev–Trinajstić information content (AvgIpc) is 3.08. The fourth-order valence-electron chi connectivity index (χ4n) is 4.50. The van der Waals surface area contributed by atoms with Crippen LogP contribution in [0.5, 0.6) is 5.75 Å². The van der Waals surface area contributed by atoms with Crippen molar-refractivity contribution >= 4 is 63.8 Å². The van der Waals surface area contributed by atoms with E-state index in [1.54, 1.807) is 62.7 Å². The zero-order valence-corrected chi connectivity index (χ0v) is 27.3. The summed E-state index contributed by atoms with van der Waals surface area (Å²) >= 11 is 6.38. The van der Waals surface area contributed by atoms with Crippen LogP contribution in [-0.4, -0.2) is 61.5 Å². The van der Waals surface area contributed by atoms with E-state index in [0.717, 1.165) is 5.69 Å². The molecule has 5 N–H and O–H groups in total. The van der Waals surface area contributed by atoms with Crippen LogP contribution in [0.15, 0.2) is 85.6 Å². The number of anilines is 6. The molecule has 1 aromatic heterocycles. The number of amides is 3. The quantitative estimate of drug-likeness (QED) is 0.107. The highest BCUT2D eigenvalue weighted by atomic mass is 35.5. The molecule has 0 aliphatic rings. The predicted molar refractivity (Wildman–Crippen MR) is 187 cm³/mol. The minimum atomic E-state index is -0.316. The minimum absolute atomic E-state index is 0.0962. The average molecular weight is 657 g/mol. The van der Waals surface area contributed by atoms with Gasteiger partial charge < -0.3 is 36.2 Å². The topological polar surface area (TPSA) is 150 Å². The number of aromatic nitrogens is 2. The van der Waals surface area contributed by atoms with Crippen molar-refractivity contribution in [2.75, 3.05) is 48.6 Å². The van der Waals surface area contributed by atoms with Crippen molar-refractivity contribution in [2.24, 2.45) is 0 Å². The van der Waals surface area contributed by atoms with Crippen LogP contribution < -0.4 is 36.2 Å². The third-order valence-electron chi connectivity index (χ3n) is 7.14. The zero-order valence-electron chi connectivity index (χ0n) is 26.6. The van der Waals surface area contributed by atoms with Gasteiger partial charge in [0.2, 0.25) is 11.9 Å². The first kappa shape index (κ1) is 34.3. The first-order valence-corrected chi connectivity index (χ1v) is 15.1. The van der Waals surface area contributed by atoms with E-state index in [1.165, 1.54) is 12.3 Å². The van der Waals surface area contributed by atoms with Crippen molar-refractivity contribution in [2.45, 2.75) is 19.4 Å². The molecule has 0 saturated heterocycles. The highest BCUT2D eigenvalue weighted by Gasteiger charge is 2.15. The second-order valence-corrected chi connectivity index (χ2v) is 10.9. The Morgan fingerprint density at radius 1 is 1.02 bits per heavy atom. The van der Waals surface area contributed by atoms with E-state index >= 15 is 0 Å². The van der Waals surface area contributed by atoms with Crippen LogP contribution in [0.4, 0.5) is 34.5 Å². The van der Waals surface area contributed by atoms with Gasteiger partial charge in [-0.2, -0.15) is 4.98 Å². The van der Waals surface area contributed by atoms with Crippen molar-refractivity contribution in [3.05, 3.63) is 102 Å². The van der Waals surface area contributed by atoms with Gasteiger partial charge in [-0.15, -0.1) is 0 Å². The maximum atomic E-state index is 12.7. The molecule has 1 heterocycles. The molecule has 1 unspecified atom stereocenters. The van der Waals surface area contributed by atoms with E-state index in [2.05, 4.69) is 48.0 Å². The molecule has 0 fully saturated rings. The van der Waals surface area contributed by atoms with Crippen molar-refractivity contribution in [3.63, 3.8) is 0 Å². The predicted octanol–water partition coefficient (Wildman–Crippen LogP) is 5.75. The number of carbonyl (C=O) groups excluding carboxylic acids is 3. The highest BCUT2D eigenvalue weighted by molar-refractivity contribution is 6.33. The summed E-state index contributed by atoms with van der Waals surface area (Å²) in [5.74, 6) is 0.411. The van der Waals surface area contributed by atoms with Gasteiger partial charge in [0, 0.05) is 49.7 Å². The molecular formula is C34H37ClN8O4. The number of benzene rings is 3. The van der Waals surface area contributed by atoms with Gasteiger partial charge in [-0.05, 0) is 68.0 Å². The van der Waals surface area contributed by atoms with Crippen molar-refractivity contribution in [1.82, 2.24) is 20.6 Å². The molecule has 4 aromatic rings. The fourth-order valence-corrected chi connectivity index (χ4v) is 4.64. The second kappa shape index (κ2) is 16.1. The minimum Gasteiger partial charge on any atom is -0.494 e. The van der Waals surface area contributed by atoms with E-state index in [9.17, 15) is 14.4 Å². The number of halogens is 1. The molecule has 4 rings (SSSR count). The molecule has 3 aromatic carbocycles. The first-order chi connectivity index (χ1) is 22.6. The first-order valence-electron chi connectivity index (χ1n) is 14.7. The molecule has 0 bridgehead atoms. The van der Waals surface area contributed by atoms with Gasteiger partial charge in [0.05, 0.1) is 30.2 Å². The van der Waals surface area contributed by atoms with Crippen LogP contribution >= 0.6 is 11.6 Å². The summed E-state index contributed by atoms with van der Waals surface area (Å²) < 4.78 is 5.66. The number of rotatable bonds is 14. The Labute approximate surface area is 278 Å². The molecule has 0 saturated carbocycles. The third kappa shape index (κ3) is 9.21. The Kier molecular flexibility index (Phi) is 11.7. The van der Waals surface area contributed by atoms with E-state index in [4.69, 9.17) is 16.3 Å². The Bertz CT molecular complexity index is 1750. The molecular weight excluding hydrogens is 620 g/mol. The standard InChI is InChI=1S/C34H37ClN8O4/c1-6-30(44)39-23-13-11-22(12-14-23)32(45)38-21(2)17-18-43(4)24-15-16-28(29(19-24)47-5)41-34-37-20-26(35)31(42-34)40-27-10-8-7-9-25(27)33(46)36-3/h6-16,19-21H,1,17-18H2,2-5H3,(H,36,46)(H,38,45)(H,39,44)(H2,37,40,41,42). The van der Waals surface area contributed by atoms with Crippen LogP contribution in [0.2, 0.25) is 5.02 Å². The molecule has 3 amide bonds. The van der Waals surface area contributed by atoms with Crippen LogP contribution in [0.1, 0.15) is 34.1 Å². The van der Waals surface area contributed by atoms with E-state index in [-0.39, 0.29) is 34.7 Å². The molecule has 47 heavy (non-hydrogen) atoms. The Morgan fingerprint density at radius 2 is 1.77 bits per heavy atom. The van der Waals surface area contributed by atoms with Crippen molar-refractivity contribution in [3.8, 4) is 5.75 Å². The zero-order chi connectivity index (χ0) is 33.9. The Morgan fingerprint density at radius 3 is 2.47 bits per heavy atom. The molecule has 0 aliphatic heterocycles. The number of carbonyl (C=O) groups is 3. The number of methoxy groups -OCH3 is 1. The summed E-state index contributed by atoms with van der Waals surface area (Å²) in [5.41, 5.74) is 3.62. The molecule has 0 aliphatic carbocycles. The number of hydrogen-bond donors (Lipinski definition) is 5. The molecule has 13 heteroatoms. The fraction of sp³-hybridized carbons (Fsp3) is 0.206. The lowest BCUT2D eigenvalue weighted by Gasteiger charge is -2.23. The van der Waals surface area contributed by atoms with Gasteiger partial charge in [-0.1, -0.05) is 30.3 Å². The van der Waals surface area contributed by atoms with Gasteiger partial charge in [0.15, 0.2) is 5.82 Å². The Balaban J connectivity index is 1.36. The summed E-state index contributed by atoms with van der Waals surface area (Å²) in [7, 11) is 5.10. The summed E-state index contributed by atoms with van der Waals surface area (Å²) in [4.78, 5) is 47.4. The SMILES string of the molecule is C=CC(=O)Nc1ccc(C(=O)NC(C)CCN(C)c2ccc(Nc3ncc(Cl)c(Nc4ccccc4C(=O)NC)n3)c(OC)c2)cc1. The lowest BCUT2D eigenvalue weighted by Crippen LogP contribution is -2.35. The number of nitrogens with zero attached hydrogens (tertiary/aromatic N) is 3. The number of nitrogens with one attached hydrogen (secondary N) is 5. The van der Waals surface area contributed by atoms with E-state index in [1.807, 2.05) is 32.2 Å². The normalized spacial score (nSPS) is 11.1. The lowest BCUT2D eigenvalue weighted by atomic mass is 10.1. The third-order valence-corrected chi connectivity index (χ3v) is 7.42. The van der Waals surface area contributed by atoms with E-state index < -0.39 is 0 Å². The molecule has 0 radical (unpaired) electrons. The van der Waals surface area contributed by atoms with Gasteiger partial charge >= 0.3 is 0 Å². The van der Waals surface area contributed by atoms with Gasteiger partial charge in [-0.25, -0.2) is 4.98 Å². The number of hydrogen-bond acceptors (Lipinski definition) is 9. The number of para-hydroxylation sites is 1.